The Morgan fingerprint density at radius 1 is 0.694 bits per heavy atom. The quantitative estimate of drug-likeness (QED) is 0.382. The van der Waals surface area contributed by atoms with Crippen molar-refractivity contribution < 1.29 is 38.1 Å². The van der Waals surface area contributed by atoms with E-state index in [0.717, 1.165) is 11.1 Å². The number of benzene rings is 3. The largest absolute Gasteiger partial charge is 0.453 e. The van der Waals surface area contributed by atoms with Crippen LogP contribution < -0.4 is 4.74 Å². The highest BCUT2D eigenvalue weighted by Gasteiger charge is 2.51. The van der Waals surface area contributed by atoms with Crippen molar-refractivity contribution in [2.24, 2.45) is 0 Å². The van der Waals surface area contributed by atoms with E-state index in [1.165, 1.54) is 19.1 Å². The van der Waals surface area contributed by atoms with Gasteiger partial charge in [0.05, 0.1) is 18.8 Å². The van der Waals surface area contributed by atoms with Crippen molar-refractivity contribution in [2.45, 2.75) is 31.3 Å². The summed E-state index contributed by atoms with van der Waals surface area (Å²) in [5, 5.41) is 0. The van der Waals surface area contributed by atoms with Gasteiger partial charge in [0.25, 0.3) is 0 Å². The molecule has 0 spiro atoms. The van der Waals surface area contributed by atoms with Gasteiger partial charge in [0.1, 0.15) is 23.5 Å². The van der Waals surface area contributed by atoms with Crippen molar-refractivity contribution in [3.05, 3.63) is 90.0 Å². The maximum Gasteiger partial charge on any atom is 0.342 e. The lowest BCUT2D eigenvalue weighted by atomic mass is 10.0. The molecule has 0 unspecified atom stereocenters. The molecule has 0 bridgehead atoms. The van der Waals surface area contributed by atoms with Crippen LogP contribution in [0.2, 0.25) is 0 Å². The van der Waals surface area contributed by atoms with Crippen molar-refractivity contribution >= 4 is 17.9 Å². The minimum absolute atomic E-state index is 0.0939. The third-order valence-corrected chi connectivity index (χ3v) is 6.07. The zero-order valence-corrected chi connectivity index (χ0v) is 19.5. The fourth-order valence-corrected chi connectivity index (χ4v) is 4.35. The molecule has 0 saturated carbocycles. The Labute approximate surface area is 207 Å². The van der Waals surface area contributed by atoms with Crippen LogP contribution in [0.4, 0.5) is 0 Å². The zero-order valence-electron chi connectivity index (χ0n) is 19.5. The molecule has 2 heterocycles. The first-order valence-electron chi connectivity index (χ1n) is 11.6. The molecule has 3 aromatic carbocycles. The molecule has 0 amide bonds. The lowest BCUT2D eigenvalue weighted by Crippen LogP contribution is -2.36. The Kier molecular flexibility index (Phi) is 6.79. The second-order valence-electron chi connectivity index (χ2n) is 8.52. The van der Waals surface area contributed by atoms with Crippen molar-refractivity contribution in [1.82, 2.24) is 0 Å². The summed E-state index contributed by atoms with van der Waals surface area (Å²) in [6.07, 6.45) is -2.46. The van der Waals surface area contributed by atoms with E-state index in [-0.39, 0.29) is 24.5 Å². The molecule has 2 aliphatic rings. The topological polar surface area (TPSA) is 97.4 Å². The van der Waals surface area contributed by atoms with Gasteiger partial charge in [-0.1, -0.05) is 54.6 Å². The van der Waals surface area contributed by atoms with E-state index < -0.39 is 42.3 Å². The SMILES string of the molecule is CC(=O)Oc1ccccc1C(=O)O[C@H]1CO[C@H]2[C@@H]1OC[C@H]2OC(=O)c1ccc(-c2ccccc2)cc1. The molecule has 2 saturated heterocycles. The molecule has 2 fully saturated rings. The van der Waals surface area contributed by atoms with Crippen LogP contribution in [0.3, 0.4) is 0 Å². The maximum atomic E-state index is 12.8. The number of fused-ring (bicyclic) bond motifs is 1. The van der Waals surface area contributed by atoms with Crippen LogP contribution in [0.5, 0.6) is 5.75 Å². The maximum absolute atomic E-state index is 12.8. The third kappa shape index (κ3) is 5.00. The van der Waals surface area contributed by atoms with Crippen molar-refractivity contribution in [3.8, 4) is 16.9 Å². The molecule has 36 heavy (non-hydrogen) atoms. The van der Waals surface area contributed by atoms with Crippen LogP contribution in [-0.2, 0) is 23.7 Å². The number of ether oxygens (including phenoxy) is 5. The van der Waals surface area contributed by atoms with Crippen LogP contribution in [0.25, 0.3) is 11.1 Å². The zero-order chi connectivity index (χ0) is 25.1. The Morgan fingerprint density at radius 3 is 1.89 bits per heavy atom. The van der Waals surface area contributed by atoms with Crippen molar-refractivity contribution in [2.75, 3.05) is 13.2 Å². The smallest absolute Gasteiger partial charge is 0.342 e. The first-order chi connectivity index (χ1) is 17.5. The second-order valence-corrected chi connectivity index (χ2v) is 8.52. The van der Waals surface area contributed by atoms with E-state index in [9.17, 15) is 14.4 Å². The van der Waals surface area contributed by atoms with Crippen molar-refractivity contribution in [3.63, 3.8) is 0 Å². The number of rotatable bonds is 6. The third-order valence-electron chi connectivity index (χ3n) is 6.07. The van der Waals surface area contributed by atoms with Crippen LogP contribution in [0, 0.1) is 0 Å². The van der Waals surface area contributed by atoms with Gasteiger partial charge in [-0.25, -0.2) is 9.59 Å². The average Bonchev–Trinajstić information content (AvgIpc) is 3.48. The summed E-state index contributed by atoms with van der Waals surface area (Å²) in [7, 11) is 0. The summed E-state index contributed by atoms with van der Waals surface area (Å²) < 4.78 is 27.9. The van der Waals surface area contributed by atoms with Crippen LogP contribution in [0.1, 0.15) is 27.6 Å². The molecule has 0 radical (unpaired) electrons. The van der Waals surface area contributed by atoms with E-state index in [0.29, 0.717) is 5.56 Å². The first kappa shape index (κ1) is 23.7. The van der Waals surface area contributed by atoms with E-state index in [2.05, 4.69) is 0 Å². The molecular weight excluding hydrogens is 464 g/mol. The fourth-order valence-electron chi connectivity index (χ4n) is 4.35. The number of para-hydroxylation sites is 1. The predicted octanol–water partition coefficient (Wildman–Crippen LogP) is 3.83. The lowest BCUT2D eigenvalue weighted by Gasteiger charge is -2.18. The highest BCUT2D eigenvalue weighted by atomic mass is 16.7. The number of carbonyl (C=O) groups is 3. The highest BCUT2D eigenvalue weighted by molar-refractivity contribution is 5.93. The van der Waals surface area contributed by atoms with E-state index >= 15 is 0 Å². The normalized spacial score (nSPS) is 22.5. The van der Waals surface area contributed by atoms with E-state index in [1.54, 1.807) is 24.3 Å². The van der Waals surface area contributed by atoms with Gasteiger partial charge in [-0.05, 0) is 35.4 Å². The Hall–Kier alpha value is -4.01. The first-order valence-corrected chi connectivity index (χ1v) is 11.6. The molecule has 3 aromatic rings. The molecule has 4 atom stereocenters. The number of hydrogen-bond donors (Lipinski definition) is 0. The molecule has 5 rings (SSSR count). The number of esters is 3. The molecule has 2 aliphatic heterocycles. The molecule has 0 aliphatic carbocycles. The fraction of sp³-hybridized carbons (Fsp3) is 0.250. The van der Waals surface area contributed by atoms with Crippen LogP contribution >= 0.6 is 0 Å². The van der Waals surface area contributed by atoms with Gasteiger partial charge in [-0.3, -0.25) is 4.79 Å². The van der Waals surface area contributed by atoms with Gasteiger partial charge in [0, 0.05) is 6.92 Å². The monoisotopic (exact) mass is 488 g/mol. The summed E-state index contributed by atoms with van der Waals surface area (Å²) in [6.45, 7) is 1.47. The van der Waals surface area contributed by atoms with Gasteiger partial charge < -0.3 is 23.7 Å². The predicted molar refractivity (Wildman–Crippen MR) is 128 cm³/mol. The lowest BCUT2D eigenvalue weighted by molar-refractivity contribution is -0.131. The Bertz CT molecular complexity index is 1250. The van der Waals surface area contributed by atoms with Gasteiger partial charge in [-0.15, -0.1) is 0 Å². The second kappa shape index (κ2) is 10.3. The number of carbonyl (C=O) groups excluding carboxylic acids is 3. The Balaban J connectivity index is 1.20. The summed E-state index contributed by atoms with van der Waals surface area (Å²) in [4.78, 5) is 36.8. The summed E-state index contributed by atoms with van der Waals surface area (Å²) in [5.41, 5.74) is 2.59. The summed E-state index contributed by atoms with van der Waals surface area (Å²) in [5.74, 6) is -1.58. The summed E-state index contributed by atoms with van der Waals surface area (Å²) >= 11 is 0. The van der Waals surface area contributed by atoms with Gasteiger partial charge in [0.2, 0.25) is 0 Å². The molecule has 184 valence electrons. The van der Waals surface area contributed by atoms with Gasteiger partial charge in [-0.2, -0.15) is 0 Å². The Morgan fingerprint density at radius 2 is 1.25 bits per heavy atom. The highest BCUT2D eigenvalue weighted by Crippen LogP contribution is 2.32. The molecular formula is C28H24O8. The van der Waals surface area contributed by atoms with E-state index in [4.69, 9.17) is 23.7 Å². The minimum Gasteiger partial charge on any atom is -0.453 e. The van der Waals surface area contributed by atoms with Crippen molar-refractivity contribution in [1.29, 1.82) is 0 Å². The number of hydrogen-bond acceptors (Lipinski definition) is 8. The molecule has 8 nitrogen and oxygen atoms in total. The van der Waals surface area contributed by atoms with E-state index in [1.807, 2.05) is 42.5 Å². The van der Waals surface area contributed by atoms with Crippen LogP contribution in [0.15, 0.2) is 78.9 Å². The molecule has 8 heteroatoms. The molecule has 0 N–H and O–H groups in total. The standard InChI is InChI=1S/C28H24O8/c1-17(29)34-22-10-6-5-9-21(22)28(31)36-24-16-33-25-23(15-32-26(24)25)35-27(30)20-13-11-19(12-14-20)18-7-3-2-4-8-18/h2-14,23-26H,15-16H2,1H3/t23-,24+,25-,26-/m1/s1. The van der Waals surface area contributed by atoms with Crippen LogP contribution in [-0.4, -0.2) is 55.5 Å². The minimum atomic E-state index is -0.693. The van der Waals surface area contributed by atoms with Gasteiger partial charge >= 0.3 is 17.9 Å². The molecule has 0 aromatic heterocycles. The summed E-state index contributed by atoms with van der Waals surface area (Å²) in [6, 6.07) is 23.4. The van der Waals surface area contributed by atoms with Gasteiger partial charge in [0.15, 0.2) is 12.2 Å². The average molecular weight is 488 g/mol.